The Morgan fingerprint density at radius 2 is 2.33 bits per heavy atom. The molecule has 1 unspecified atom stereocenters. The fourth-order valence-electron chi connectivity index (χ4n) is 1.43. The molecule has 0 spiro atoms. The van der Waals surface area contributed by atoms with E-state index in [1.54, 1.807) is 7.11 Å². The summed E-state index contributed by atoms with van der Waals surface area (Å²) < 4.78 is 10.00. The van der Waals surface area contributed by atoms with E-state index < -0.39 is 0 Å². The number of nitrogens with one attached hydrogen (secondary N) is 1. The number of hydrogen-bond acceptors (Lipinski definition) is 5. The van der Waals surface area contributed by atoms with E-state index in [1.165, 1.54) is 6.39 Å². The number of methoxy groups -OCH3 is 1. The Morgan fingerprint density at radius 1 is 1.60 bits per heavy atom. The molecule has 0 aromatic carbocycles. The maximum absolute atomic E-state index is 5.36. The number of aromatic nitrogens is 2. The van der Waals surface area contributed by atoms with Crippen molar-refractivity contribution in [3.8, 4) is 0 Å². The zero-order chi connectivity index (χ0) is 11.3. The molecule has 1 atom stereocenters. The normalized spacial score (nSPS) is 14.1. The molecule has 0 aliphatic rings. The van der Waals surface area contributed by atoms with Gasteiger partial charge in [-0.15, -0.1) is 0 Å². The first-order valence-electron chi connectivity index (χ1n) is 5.07. The minimum Gasteiger partial charge on any atom is -0.379 e. The van der Waals surface area contributed by atoms with Crippen LogP contribution in [0.5, 0.6) is 0 Å². The molecule has 0 aliphatic heterocycles. The van der Waals surface area contributed by atoms with Crippen LogP contribution in [0.1, 0.15) is 33.0 Å². The van der Waals surface area contributed by atoms with Crippen molar-refractivity contribution in [3.63, 3.8) is 0 Å². The Balaban J connectivity index is 2.27. The van der Waals surface area contributed by atoms with E-state index >= 15 is 0 Å². The van der Waals surface area contributed by atoms with Crippen LogP contribution >= 0.6 is 0 Å². The summed E-state index contributed by atoms with van der Waals surface area (Å²) in [4.78, 5) is 3.93. The van der Waals surface area contributed by atoms with Gasteiger partial charge in [-0.3, -0.25) is 0 Å². The smallest absolute Gasteiger partial charge is 0.213 e. The number of ether oxygens (including phenoxy) is 1. The van der Waals surface area contributed by atoms with Crippen LogP contribution in [0.15, 0.2) is 10.9 Å². The van der Waals surface area contributed by atoms with Gasteiger partial charge in [0.1, 0.15) is 0 Å². The van der Waals surface area contributed by atoms with E-state index in [9.17, 15) is 0 Å². The van der Waals surface area contributed by atoms with Gasteiger partial charge in [0.15, 0.2) is 5.82 Å². The summed E-state index contributed by atoms with van der Waals surface area (Å²) in [5.41, 5.74) is -0.107. The molecular weight excluding hydrogens is 194 g/mol. The highest BCUT2D eigenvalue weighted by atomic mass is 16.5. The number of nitrogens with zero attached hydrogens (tertiary/aromatic N) is 2. The van der Waals surface area contributed by atoms with Crippen LogP contribution in [0.2, 0.25) is 0 Å². The highest BCUT2D eigenvalue weighted by molar-refractivity contribution is 4.80. The second-order valence-electron chi connectivity index (χ2n) is 4.30. The van der Waals surface area contributed by atoms with Crippen molar-refractivity contribution in [3.05, 3.63) is 12.2 Å². The molecular formula is C10H19N3O2. The molecule has 15 heavy (non-hydrogen) atoms. The van der Waals surface area contributed by atoms with Crippen LogP contribution in [0, 0.1) is 0 Å². The van der Waals surface area contributed by atoms with E-state index in [1.807, 2.05) is 0 Å². The van der Waals surface area contributed by atoms with Crippen molar-refractivity contribution in [1.29, 1.82) is 0 Å². The third-order valence-corrected chi connectivity index (χ3v) is 2.37. The lowest BCUT2D eigenvalue weighted by Crippen LogP contribution is -2.35. The van der Waals surface area contributed by atoms with Crippen molar-refractivity contribution in [2.24, 2.45) is 0 Å². The molecule has 1 rings (SSSR count). The lowest BCUT2D eigenvalue weighted by Gasteiger charge is -2.26. The molecule has 1 aromatic rings. The molecule has 0 fully saturated rings. The molecule has 86 valence electrons. The molecule has 0 aliphatic carbocycles. The summed E-state index contributed by atoms with van der Waals surface area (Å²) >= 11 is 0. The Morgan fingerprint density at radius 3 is 2.87 bits per heavy atom. The van der Waals surface area contributed by atoms with Crippen molar-refractivity contribution in [2.75, 3.05) is 7.11 Å². The van der Waals surface area contributed by atoms with E-state index in [-0.39, 0.29) is 5.60 Å². The lowest BCUT2D eigenvalue weighted by atomic mass is 10.00. The summed E-state index contributed by atoms with van der Waals surface area (Å²) in [6.45, 7) is 6.87. The molecule has 0 amide bonds. The van der Waals surface area contributed by atoms with Crippen LogP contribution in [0.25, 0.3) is 0 Å². The predicted octanol–water partition coefficient (Wildman–Crippen LogP) is 1.36. The molecule has 1 heterocycles. The first-order chi connectivity index (χ1) is 7.03. The van der Waals surface area contributed by atoms with E-state index in [4.69, 9.17) is 4.74 Å². The largest absolute Gasteiger partial charge is 0.379 e. The average Bonchev–Trinajstić information content (AvgIpc) is 2.66. The zero-order valence-corrected chi connectivity index (χ0v) is 9.78. The first kappa shape index (κ1) is 12.1. The Labute approximate surface area is 90.2 Å². The van der Waals surface area contributed by atoms with Gasteiger partial charge in [-0.2, -0.15) is 4.98 Å². The highest BCUT2D eigenvalue weighted by Gasteiger charge is 2.19. The Hall–Kier alpha value is -0.940. The van der Waals surface area contributed by atoms with Crippen LogP contribution < -0.4 is 5.32 Å². The maximum atomic E-state index is 5.36. The quantitative estimate of drug-likeness (QED) is 0.773. The van der Waals surface area contributed by atoms with Crippen molar-refractivity contribution in [2.45, 2.75) is 45.4 Å². The third-order valence-electron chi connectivity index (χ3n) is 2.37. The summed E-state index contributed by atoms with van der Waals surface area (Å²) in [5, 5.41) is 7.04. The fraction of sp³-hybridized carbons (Fsp3) is 0.800. The first-order valence-corrected chi connectivity index (χ1v) is 5.07. The lowest BCUT2D eigenvalue weighted by molar-refractivity contribution is 0.00838. The number of rotatable bonds is 6. The maximum Gasteiger partial charge on any atom is 0.213 e. The van der Waals surface area contributed by atoms with Gasteiger partial charge in [0, 0.05) is 13.2 Å². The Kier molecular flexibility index (Phi) is 4.23. The van der Waals surface area contributed by atoms with E-state index in [0.29, 0.717) is 18.4 Å². The second-order valence-corrected chi connectivity index (χ2v) is 4.30. The zero-order valence-electron chi connectivity index (χ0n) is 9.78. The minimum atomic E-state index is -0.107. The van der Waals surface area contributed by atoms with Crippen molar-refractivity contribution < 1.29 is 9.26 Å². The standard InChI is InChI=1S/C10H19N3O2/c1-8(5-10(2,3)14-4)11-6-9-12-7-15-13-9/h7-8,11H,5-6H2,1-4H3. The SMILES string of the molecule is COC(C)(C)CC(C)NCc1ncon1. The van der Waals surface area contributed by atoms with Gasteiger partial charge in [-0.25, -0.2) is 0 Å². The van der Waals surface area contributed by atoms with Gasteiger partial charge in [0.05, 0.1) is 12.1 Å². The second kappa shape index (κ2) is 5.23. The molecule has 0 radical (unpaired) electrons. The van der Waals surface area contributed by atoms with Crippen LogP contribution in [-0.2, 0) is 11.3 Å². The topological polar surface area (TPSA) is 60.2 Å². The van der Waals surface area contributed by atoms with Gasteiger partial charge in [-0.05, 0) is 27.2 Å². The van der Waals surface area contributed by atoms with Crippen molar-refractivity contribution in [1.82, 2.24) is 15.5 Å². The average molecular weight is 213 g/mol. The van der Waals surface area contributed by atoms with Gasteiger partial charge in [0.25, 0.3) is 0 Å². The van der Waals surface area contributed by atoms with Gasteiger partial charge in [-0.1, -0.05) is 5.16 Å². The molecule has 5 nitrogen and oxygen atoms in total. The van der Waals surface area contributed by atoms with E-state index in [0.717, 1.165) is 6.42 Å². The highest BCUT2D eigenvalue weighted by Crippen LogP contribution is 2.15. The minimum absolute atomic E-state index is 0.107. The van der Waals surface area contributed by atoms with Gasteiger partial charge < -0.3 is 14.6 Å². The summed E-state index contributed by atoms with van der Waals surface area (Å²) in [5.74, 6) is 0.678. The number of hydrogen-bond donors (Lipinski definition) is 1. The fourth-order valence-corrected chi connectivity index (χ4v) is 1.43. The third kappa shape index (κ3) is 4.40. The molecule has 1 N–H and O–H groups in total. The summed E-state index contributed by atoms with van der Waals surface area (Å²) in [7, 11) is 1.73. The van der Waals surface area contributed by atoms with Gasteiger partial charge in [0.2, 0.25) is 6.39 Å². The van der Waals surface area contributed by atoms with Crippen LogP contribution in [0.3, 0.4) is 0 Å². The molecule has 0 saturated heterocycles. The van der Waals surface area contributed by atoms with Gasteiger partial charge >= 0.3 is 0 Å². The molecule has 0 bridgehead atoms. The monoisotopic (exact) mass is 213 g/mol. The summed E-state index contributed by atoms with van der Waals surface area (Å²) in [6, 6.07) is 0.346. The predicted molar refractivity (Wildman–Crippen MR) is 56.3 cm³/mol. The van der Waals surface area contributed by atoms with Crippen molar-refractivity contribution >= 4 is 0 Å². The van der Waals surface area contributed by atoms with Crippen LogP contribution in [-0.4, -0.2) is 28.9 Å². The molecule has 0 saturated carbocycles. The molecule has 5 heteroatoms. The molecule has 1 aromatic heterocycles. The van der Waals surface area contributed by atoms with E-state index in [2.05, 4.69) is 40.8 Å². The van der Waals surface area contributed by atoms with Crippen LogP contribution in [0.4, 0.5) is 0 Å². The summed E-state index contributed by atoms with van der Waals surface area (Å²) in [6.07, 6.45) is 2.27. The Bertz CT molecular complexity index is 272.